The van der Waals surface area contributed by atoms with Crippen LogP contribution in [0.3, 0.4) is 0 Å². The van der Waals surface area contributed by atoms with Gasteiger partial charge in [0.05, 0.1) is 16.6 Å². The van der Waals surface area contributed by atoms with Gasteiger partial charge >= 0.3 is 0 Å². The van der Waals surface area contributed by atoms with Gasteiger partial charge in [0.1, 0.15) is 23.2 Å². The Kier molecular flexibility index (Phi) is 3.75. The van der Waals surface area contributed by atoms with Crippen LogP contribution >= 0.6 is 11.8 Å². The first-order chi connectivity index (χ1) is 11.6. The highest BCUT2D eigenvalue weighted by Gasteiger charge is 2.51. The molecule has 0 aromatic carbocycles. The zero-order chi connectivity index (χ0) is 16.7. The van der Waals surface area contributed by atoms with Crippen LogP contribution in [0, 0.1) is 13.8 Å². The molecular weight excluding hydrogens is 326 g/mol. The van der Waals surface area contributed by atoms with Crippen molar-refractivity contribution in [2.45, 2.75) is 31.1 Å². The fraction of sp³-hybridized carbons (Fsp3) is 0.471. The average Bonchev–Trinajstić information content (AvgIpc) is 3.10. The number of hydrogen-bond acceptors (Lipinski definition) is 6. The molecule has 0 N–H and O–H groups in total. The maximum atomic E-state index is 12.6. The van der Waals surface area contributed by atoms with Crippen LogP contribution in [0.1, 0.15) is 28.2 Å². The summed E-state index contributed by atoms with van der Waals surface area (Å²) >= 11 is 1.91. The molecule has 4 heterocycles. The molecule has 2 saturated heterocycles. The Hall–Kier alpha value is -2.02. The molecule has 1 atom stereocenters. The number of nitrogens with zero attached hydrogens (tertiary/aromatic N) is 3. The van der Waals surface area contributed by atoms with Crippen molar-refractivity contribution >= 4 is 17.7 Å². The second-order valence-electron chi connectivity index (χ2n) is 6.49. The lowest BCUT2D eigenvalue weighted by molar-refractivity contribution is 0.0515. The van der Waals surface area contributed by atoms with Gasteiger partial charge in [-0.2, -0.15) is 0 Å². The molecule has 0 saturated carbocycles. The van der Waals surface area contributed by atoms with E-state index in [4.69, 9.17) is 9.26 Å². The van der Waals surface area contributed by atoms with Crippen molar-refractivity contribution in [3.8, 4) is 5.75 Å². The Bertz CT molecular complexity index is 736. The number of likely N-dealkylation sites (tertiary alicyclic amines) is 1. The monoisotopic (exact) mass is 345 g/mol. The second-order valence-corrected chi connectivity index (χ2v) is 7.98. The normalized spacial score (nSPS) is 21.8. The average molecular weight is 345 g/mol. The Labute approximate surface area is 144 Å². The number of aromatic nitrogens is 2. The Morgan fingerprint density at radius 2 is 2.29 bits per heavy atom. The molecule has 0 bridgehead atoms. The summed E-state index contributed by atoms with van der Waals surface area (Å²) in [6.07, 6.45) is 4.61. The van der Waals surface area contributed by atoms with E-state index < -0.39 is 0 Å². The number of hydrogen-bond donors (Lipinski definition) is 0. The van der Waals surface area contributed by atoms with Gasteiger partial charge in [-0.05, 0) is 26.0 Å². The molecule has 0 radical (unpaired) electrons. The molecule has 2 aliphatic heterocycles. The van der Waals surface area contributed by atoms with Gasteiger partial charge in [0.2, 0.25) is 0 Å². The second kappa shape index (κ2) is 5.81. The summed E-state index contributed by atoms with van der Waals surface area (Å²) in [5.74, 6) is 2.37. The number of pyridine rings is 1. The first kappa shape index (κ1) is 15.5. The fourth-order valence-corrected chi connectivity index (χ4v) is 4.97. The van der Waals surface area contributed by atoms with Crippen LogP contribution in [-0.4, -0.2) is 50.6 Å². The van der Waals surface area contributed by atoms with E-state index in [-0.39, 0.29) is 16.8 Å². The molecule has 7 heteroatoms. The number of rotatable bonds is 3. The number of carbonyl (C=O) groups excluding carboxylic acids is 1. The molecule has 4 rings (SSSR count). The molecule has 2 aromatic heterocycles. The Morgan fingerprint density at radius 1 is 1.46 bits per heavy atom. The summed E-state index contributed by atoms with van der Waals surface area (Å²) in [6, 6.07) is 3.80. The van der Waals surface area contributed by atoms with Crippen molar-refractivity contribution in [2.24, 2.45) is 0 Å². The Balaban J connectivity index is 1.36. The van der Waals surface area contributed by atoms with Gasteiger partial charge in [-0.15, -0.1) is 11.8 Å². The van der Waals surface area contributed by atoms with Crippen molar-refractivity contribution < 1.29 is 14.1 Å². The summed E-state index contributed by atoms with van der Waals surface area (Å²) in [6.45, 7) is 5.10. The molecule has 0 unspecified atom stereocenters. The molecule has 126 valence electrons. The van der Waals surface area contributed by atoms with Crippen LogP contribution in [0.15, 0.2) is 29.0 Å². The predicted octanol–water partition coefficient (Wildman–Crippen LogP) is 2.47. The summed E-state index contributed by atoms with van der Waals surface area (Å²) in [4.78, 5) is 18.6. The summed E-state index contributed by atoms with van der Waals surface area (Å²) in [7, 11) is 0. The quantitative estimate of drug-likeness (QED) is 0.851. The lowest BCUT2D eigenvalue weighted by atomic mass is 9.92. The largest absolute Gasteiger partial charge is 0.488 e. The standard InChI is InChI=1S/C17H19N3O3S/c1-11-15(12(2)23-19-11)16(21)20-9-17(10-20)6-14(8-24-17)22-13-4-3-5-18-7-13/h3-5,7,14H,6,8-10H2,1-2H3/t14-/m1/s1. The van der Waals surface area contributed by atoms with E-state index in [1.807, 2.05) is 28.8 Å². The number of aryl methyl sites for hydroxylation is 2. The minimum absolute atomic E-state index is 0.0223. The highest BCUT2D eigenvalue weighted by atomic mass is 32.2. The van der Waals surface area contributed by atoms with Gasteiger partial charge in [-0.25, -0.2) is 0 Å². The number of ether oxygens (including phenoxy) is 1. The van der Waals surface area contributed by atoms with Crippen LogP contribution in [-0.2, 0) is 0 Å². The van der Waals surface area contributed by atoms with Crippen molar-refractivity contribution in [3.05, 3.63) is 41.5 Å². The SMILES string of the molecule is Cc1noc(C)c1C(=O)N1CC2(C[C@@H](Oc3cccnc3)CS2)C1. The van der Waals surface area contributed by atoms with E-state index in [0.717, 1.165) is 31.0 Å². The van der Waals surface area contributed by atoms with Crippen LogP contribution in [0.2, 0.25) is 0 Å². The first-order valence-corrected chi connectivity index (χ1v) is 8.98. The third kappa shape index (κ3) is 2.66. The van der Waals surface area contributed by atoms with Gasteiger partial charge in [0.25, 0.3) is 5.91 Å². The lowest BCUT2D eigenvalue weighted by Gasteiger charge is -2.47. The maximum absolute atomic E-state index is 12.6. The van der Waals surface area contributed by atoms with Crippen LogP contribution < -0.4 is 4.74 Å². The van der Waals surface area contributed by atoms with Gasteiger partial charge in [0.15, 0.2) is 0 Å². The zero-order valence-electron chi connectivity index (χ0n) is 13.7. The molecule has 24 heavy (non-hydrogen) atoms. The number of carbonyl (C=O) groups is 1. The van der Waals surface area contributed by atoms with E-state index >= 15 is 0 Å². The minimum atomic E-state index is 0.0223. The molecule has 1 spiro atoms. The van der Waals surface area contributed by atoms with Gasteiger partial charge in [-0.3, -0.25) is 9.78 Å². The summed E-state index contributed by atoms with van der Waals surface area (Å²) in [5, 5.41) is 3.87. The summed E-state index contributed by atoms with van der Waals surface area (Å²) in [5.41, 5.74) is 1.27. The van der Waals surface area contributed by atoms with E-state index in [0.29, 0.717) is 17.0 Å². The molecule has 0 aliphatic carbocycles. The summed E-state index contributed by atoms with van der Waals surface area (Å²) < 4.78 is 11.2. The van der Waals surface area contributed by atoms with Crippen LogP contribution in [0.4, 0.5) is 0 Å². The molecule has 2 aromatic rings. The van der Waals surface area contributed by atoms with E-state index in [9.17, 15) is 4.79 Å². The maximum Gasteiger partial charge on any atom is 0.259 e. The van der Waals surface area contributed by atoms with Crippen LogP contribution in [0.25, 0.3) is 0 Å². The third-order valence-corrected chi connectivity index (χ3v) is 6.18. The molecule has 2 aliphatic rings. The zero-order valence-corrected chi connectivity index (χ0v) is 14.5. The minimum Gasteiger partial charge on any atom is -0.488 e. The van der Waals surface area contributed by atoms with Crippen molar-refractivity contribution in [1.82, 2.24) is 15.0 Å². The Morgan fingerprint density at radius 3 is 2.96 bits per heavy atom. The molecular formula is C17H19N3O3S. The highest BCUT2D eigenvalue weighted by molar-refractivity contribution is 8.01. The fourth-order valence-electron chi connectivity index (χ4n) is 3.45. The van der Waals surface area contributed by atoms with Gasteiger partial charge in [-0.1, -0.05) is 5.16 Å². The van der Waals surface area contributed by atoms with Crippen molar-refractivity contribution in [3.63, 3.8) is 0 Å². The van der Waals surface area contributed by atoms with E-state index in [1.54, 1.807) is 26.2 Å². The topological polar surface area (TPSA) is 68.5 Å². The van der Waals surface area contributed by atoms with Crippen molar-refractivity contribution in [2.75, 3.05) is 18.8 Å². The molecule has 1 amide bonds. The number of thioether (sulfide) groups is 1. The number of amides is 1. The lowest BCUT2D eigenvalue weighted by Crippen LogP contribution is -2.61. The van der Waals surface area contributed by atoms with E-state index in [2.05, 4.69) is 10.1 Å². The van der Waals surface area contributed by atoms with Gasteiger partial charge in [0, 0.05) is 31.5 Å². The van der Waals surface area contributed by atoms with Gasteiger partial charge < -0.3 is 14.2 Å². The predicted molar refractivity (Wildman–Crippen MR) is 90.3 cm³/mol. The van der Waals surface area contributed by atoms with Crippen molar-refractivity contribution in [1.29, 1.82) is 0 Å². The van der Waals surface area contributed by atoms with E-state index in [1.165, 1.54) is 0 Å². The third-order valence-electron chi connectivity index (χ3n) is 4.60. The molecule has 2 fully saturated rings. The smallest absolute Gasteiger partial charge is 0.259 e. The highest BCUT2D eigenvalue weighted by Crippen LogP contribution is 2.46. The molecule has 6 nitrogen and oxygen atoms in total. The first-order valence-electron chi connectivity index (χ1n) is 7.99. The van der Waals surface area contributed by atoms with Crippen LogP contribution in [0.5, 0.6) is 5.75 Å².